The van der Waals surface area contributed by atoms with E-state index in [9.17, 15) is 0 Å². The SMILES string of the molecule is Cc1nn(C)cc1-c1ccc(NC2CC3CN(Cc4ccccn4)CC3C2)nn1. The van der Waals surface area contributed by atoms with Crippen molar-refractivity contribution >= 4 is 5.82 Å². The van der Waals surface area contributed by atoms with E-state index in [1.54, 1.807) is 0 Å². The minimum absolute atomic E-state index is 0.488. The van der Waals surface area contributed by atoms with E-state index in [1.807, 2.05) is 49.2 Å². The number of rotatable bonds is 5. The lowest BCUT2D eigenvalue weighted by Gasteiger charge is -2.19. The molecule has 2 atom stereocenters. The van der Waals surface area contributed by atoms with Crippen LogP contribution in [0.25, 0.3) is 11.3 Å². The van der Waals surface area contributed by atoms with Crippen LogP contribution in [0.4, 0.5) is 5.82 Å². The van der Waals surface area contributed by atoms with E-state index in [0.717, 1.165) is 41.1 Å². The van der Waals surface area contributed by atoms with E-state index in [-0.39, 0.29) is 0 Å². The molecule has 1 aliphatic heterocycles. The minimum Gasteiger partial charge on any atom is -0.366 e. The molecule has 2 fully saturated rings. The van der Waals surface area contributed by atoms with Gasteiger partial charge in [0.25, 0.3) is 0 Å². The summed E-state index contributed by atoms with van der Waals surface area (Å²) in [6.45, 7) is 5.30. The van der Waals surface area contributed by atoms with Gasteiger partial charge in [0.2, 0.25) is 0 Å². The van der Waals surface area contributed by atoms with E-state index in [1.165, 1.54) is 31.6 Å². The highest BCUT2D eigenvalue weighted by atomic mass is 15.3. The van der Waals surface area contributed by atoms with Crippen molar-refractivity contribution in [3.63, 3.8) is 0 Å². The van der Waals surface area contributed by atoms with Crippen LogP contribution in [0.15, 0.2) is 42.7 Å². The Morgan fingerprint density at radius 2 is 1.90 bits per heavy atom. The van der Waals surface area contributed by atoms with Gasteiger partial charge in [-0.05, 0) is 55.9 Å². The van der Waals surface area contributed by atoms with Crippen molar-refractivity contribution in [1.29, 1.82) is 0 Å². The molecule has 5 rings (SSSR count). The highest BCUT2D eigenvalue weighted by molar-refractivity contribution is 5.61. The molecule has 7 heteroatoms. The molecular weight excluding hydrogens is 362 g/mol. The second kappa shape index (κ2) is 7.55. The van der Waals surface area contributed by atoms with E-state index in [2.05, 4.69) is 42.6 Å². The number of hydrogen-bond donors (Lipinski definition) is 1. The molecule has 0 radical (unpaired) electrons. The summed E-state index contributed by atoms with van der Waals surface area (Å²) in [5, 5.41) is 16.8. The highest BCUT2D eigenvalue weighted by Crippen LogP contribution is 2.39. The van der Waals surface area contributed by atoms with Crippen LogP contribution < -0.4 is 5.32 Å². The summed E-state index contributed by atoms with van der Waals surface area (Å²) in [6.07, 6.45) is 6.28. The number of hydrogen-bond acceptors (Lipinski definition) is 6. The molecule has 7 nitrogen and oxygen atoms in total. The van der Waals surface area contributed by atoms with Gasteiger partial charge in [-0.3, -0.25) is 14.6 Å². The number of aryl methyl sites for hydroxylation is 2. The second-order valence-electron chi connectivity index (χ2n) is 8.45. The Morgan fingerprint density at radius 3 is 2.52 bits per heavy atom. The van der Waals surface area contributed by atoms with Gasteiger partial charge < -0.3 is 5.32 Å². The molecule has 2 unspecified atom stereocenters. The lowest BCUT2D eigenvalue weighted by atomic mass is 10.0. The van der Waals surface area contributed by atoms with Crippen LogP contribution in [0.3, 0.4) is 0 Å². The Hall–Kier alpha value is -2.80. The van der Waals surface area contributed by atoms with Crippen LogP contribution in [0.2, 0.25) is 0 Å². The number of likely N-dealkylation sites (tertiary alicyclic amines) is 1. The van der Waals surface area contributed by atoms with Gasteiger partial charge in [0.05, 0.1) is 17.1 Å². The summed E-state index contributed by atoms with van der Waals surface area (Å²) in [5.74, 6) is 2.40. The van der Waals surface area contributed by atoms with E-state index >= 15 is 0 Å². The average Bonchev–Trinajstić information content (AvgIpc) is 3.36. The maximum atomic E-state index is 4.47. The van der Waals surface area contributed by atoms with E-state index in [4.69, 9.17) is 0 Å². The molecule has 1 N–H and O–H groups in total. The molecule has 4 heterocycles. The third-order valence-electron chi connectivity index (χ3n) is 6.24. The molecule has 2 aliphatic rings. The van der Waals surface area contributed by atoms with Crippen LogP contribution in [0.5, 0.6) is 0 Å². The lowest BCUT2D eigenvalue weighted by Crippen LogP contribution is -2.25. The molecule has 150 valence electrons. The fourth-order valence-electron chi connectivity index (χ4n) is 4.98. The molecule has 1 saturated carbocycles. The van der Waals surface area contributed by atoms with Crippen LogP contribution in [0, 0.1) is 18.8 Å². The molecule has 29 heavy (non-hydrogen) atoms. The first-order valence-corrected chi connectivity index (χ1v) is 10.4. The first-order valence-electron chi connectivity index (χ1n) is 10.4. The van der Waals surface area contributed by atoms with Crippen molar-refractivity contribution in [2.45, 2.75) is 32.4 Å². The Morgan fingerprint density at radius 1 is 1.07 bits per heavy atom. The Bertz CT molecular complexity index is 953. The smallest absolute Gasteiger partial charge is 0.148 e. The van der Waals surface area contributed by atoms with Crippen molar-refractivity contribution in [2.75, 3.05) is 18.4 Å². The second-order valence-corrected chi connectivity index (χ2v) is 8.45. The van der Waals surface area contributed by atoms with Crippen molar-refractivity contribution in [2.24, 2.45) is 18.9 Å². The molecular formula is C22H27N7. The maximum absolute atomic E-state index is 4.47. The monoisotopic (exact) mass is 389 g/mol. The summed E-state index contributed by atoms with van der Waals surface area (Å²) < 4.78 is 1.81. The van der Waals surface area contributed by atoms with Crippen molar-refractivity contribution < 1.29 is 0 Å². The predicted octanol–water partition coefficient (Wildman–Crippen LogP) is 2.90. The van der Waals surface area contributed by atoms with E-state index in [0.29, 0.717) is 6.04 Å². The molecule has 3 aromatic rings. The fourth-order valence-corrected chi connectivity index (χ4v) is 4.98. The summed E-state index contributed by atoms with van der Waals surface area (Å²) in [4.78, 5) is 7.02. The first-order chi connectivity index (χ1) is 14.1. The van der Waals surface area contributed by atoms with Gasteiger partial charge in [-0.15, -0.1) is 10.2 Å². The topological polar surface area (TPSA) is 71.8 Å². The number of anilines is 1. The molecule has 3 aromatic heterocycles. The zero-order valence-electron chi connectivity index (χ0n) is 17.0. The number of nitrogens with zero attached hydrogens (tertiary/aromatic N) is 6. The Kier molecular flexibility index (Phi) is 4.75. The number of nitrogens with one attached hydrogen (secondary N) is 1. The third-order valence-corrected chi connectivity index (χ3v) is 6.24. The molecule has 0 bridgehead atoms. The van der Waals surface area contributed by atoms with E-state index < -0.39 is 0 Å². The van der Waals surface area contributed by atoms with Crippen molar-refractivity contribution in [3.8, 4) is 11.3 Å². The van der Waals surface area contributed by atoms with Crippen LogP contribution >= 0.6 is 0 Å². The largest absolute Gasteiger partial charge is 0.366 e. The zero-order valence-corrected chi connectivity index (χ0v) is 17.0. The summed E-state index contributed by atoms with van der Waals surface area (Å²) >= 11 is 0. The number of fused-ring (bicyclic) bond motifs is 1. The van der Waals surface area contributed by atoms with Crippen LogP contribution in [0.1, 0.15) is 24.2 Å². The minimum atomic E-state index is 0.488. The standard InChI is InChI=1S/C22H27N7/c1-15-20(14-28(2)27-15)21-6-7-22(26-25-21)24-19-9-16-11-29(12-17(16)10-19)13-18-5-3-4-8-23-18/h3-8,14,16-17,19H,9-13H2,1-2H3,(H,24,26). The molecule has 0 amide bonds. The van der Waals surface area contributed by atoms with Gasteiger partial charge in [0.1, 0.15) is 5.82 Å². The third kappa shape index (κ3) is 3.87. The molecule has 0 aromatic carbocycles. The van der Waals surface area contributed by atoms with Gasteiger partial charge in [0.15, 0.2) is 0 Å². The number of aromatic nitrogens is 5. The highest BCUT2D eigenvalue weighted by Gasteiger charge is 2.40. The summed E-state index contributed by atoms with van der Waals surface area (Å²) in [5.41, 5.74) is 4.05. The molecule has 1 aliphatic carbocycles. The first kappa shape index (κ1) is 18.2. The quantitative estimate of drug-likeness (QED) is 0.723. The van der Waals surface area contributed by atoms with Gasteiger partial charge >= 0.3 is 0 Å². The van der Waals surface area contributed by atoms with Gasteiger partial charge in [-0.1, -0.05) is 6.07 Å². The maximum Gasteiger partial charge on any atom is 0.148 e. The van der Waals surface area contributed by atoms with Crippen LogP contribution in [-0.2, 0) is 13.6 Å². The van der Waals surface area contributed by atoms with Gasteiger partial charge in [0, 0.05) is 50.7 Å². The molecule has 0 spiro atoms. The Balaban J connectivity index is 1.16. The van der Waals surface area contributed by atoms with Crippen molar-refractivity contribution in [3.05, 3.63) is 54.1 Å². The van der Waals surface area contributed by atoms with Gasteiger partial charge in [-0.2, -0.15) is 5.10 Å². The zero-order chi connectivity index (χ0) is 19.8. The Labute approximate surface area is 171 Å². The summed E-state index contributed by atoms with van der Waals surface area (Å²) in [6, 6.07) is 10.7. The van der Waals surface area contributed by atoms with Gasteiger partial charge in [-0.25, -0.2) is 0 Å². The van der Waals surface area contributed by atoms with Crippen molar-refractivity contribution in [1.82, 2.24) is 29.9 Å². The molecule has 1 saturated heterocycles. The number of pyridine rings is 1. The van der Waals surface area contributed by atoms with Crippen LogP contribution in [-0.4, -0.2) is 49.0 Å². The predicted molar refractivity (Wildman–Crippen MR) is 112 cm³/mol. The average molecular weight is 390 g/mol. The fraction of sp³-hybridized carbons (Fsp3) is 0.455. The summed E-state index contributed by atoms with van der Waals surface area (Å²) in [7, 11) is 1.92. The lowest BCUT2D eigenvalue weighted by molar-refractivity contribution is 0.297. The normalized spacial score (nSPS) is 24.0.